The van der Waals surface area contributed by atoms with Crippen LogP contribution in [0.3, 0.4) is 0 Å². The van der Waals surface area contributed by atoms with Crippen molar-refractivity contribution in [1.82, 2.24) is 25.5 Å². The summed E-state index contributed by atoms with van der Waals surface area (Å²) in [6, 6.07) is 19.1. The lowest BCUT2D eigenvalue weighted by Crippen LogP contribution is -2.35. The van der Waals surface area contributed by atoms with Crippen LogP contribution in [0.2, 0.25) is 0 Å². The minimum absolute atomic E-state index is 0.0201. The summed E-state index contributed by atoms with van der Waals surface area (Å²) in [5.74, 6) is 0.391. The van der Waals surface area contributed by atoms with Gasteiger partial charge in [0.05, 0.1) is 6.04 Å². The summed E-state index contributed by atoms with van der Waals surface area (Å²) >= 11 is 0. The number of carbonyl (C=O) groups is 1. The molecule has 1 aromatic heterocycles. The number of amides is 1. The zero-order chi connectivity index (χ0) is 18.4. The molecule has 134 valence electrons. The first-order valence-electron chi connectivity index (χ1n) is 8.89. The quantitative estimate of drug-likeness (QED) is 0.708. The molecule has 0 radical (unpaired) electrons. The summed E-state index contributed by atoms with van der Waals surface area (Å²) in [6.07, 6.45) is 1.86. The van der Waals surface area contributed by atoms with E-state index in [0.717, 1.165) is 24.0 Å². The molecule has 1 amide bonds. The van der Waals surface area contributed by atoms with Gasteiger partial charge < -0.3 is 5.32 Å². The van der Waals surface area contributed by atoms with Crippen molar-refractivity contribution in [1.29, 1.82) is 0 Å². The second-order valence-corrected chi connectivity index (χ2v) is 6.24. The molecule has 26 heavy (non-hydrogen) atoms. The number of hydrogen-bond acceptors (Lipinski definition) is 4. The van der Waals surface area contributed by atoms with Crippen LogP contribution in [0.4, 0.5) is 0 Å². The van der Waals surface area contributed by atoms with Crippen LogP contribution in [0, 0.1) is 0 Å². The molecule has 2 aromatic carbocycles. The molecular weight excluding hydrogens is 326 g/mol. The minimum atomic E-state index is -0.539. The maximum absolute atomic E-state index is 12.7. The maximum atomic E-state index is 12.7. The standard InChI is InChI=1S/C20H23N5O/c1-3-10-18(16-11-6-4-7-12-16)21-20(26)15(2)25-23-19(22-24-25)17-13-8-5-9-14-17/h4-9,11-15,18H,3,10H2,1-2H3,(H,21,26). The average Bonchev–Trinajstić information content (AvgIpc) is 3.18. The molecule has 3 aromatic rings. The van der Waals surface area contributed by atoms with E-state index in [1.165, 1.54) is 4.80 Å². The molecule has 0 saturated heterocycles. The lowest BCUT2D eigenvalue weighted by atomic mass is 10.0. The fourth-order valence-corrected chi connectivity index (χ4v) is 2.79. The molecule has 0 aliphatic rings. The highest BCUT2D eigenvalue weighted by molar-refractivity contribution is 5.80. The number of tetrazole rings is 1. The molecule has 0 aliphatic heterocycles. The predicted molar refractivity (Wildman–Crippen MR) is 100 cm³/mol. The number of aromatic nitrogens is 4. The largest absolute Gasteiger partial charge is 0.347 e. The van der Waals surface area contributed by atoms with Gasteiger partial charge in [0.25, 0.3) is 0 Å². The van der Waals surface area contributed by atoms with E-state index in [4.69, 9.17) is 0 Å². The molecule has 2 atom stereocenters. The van der Waals surface area contributed by atoms with Crippen molar-refractivity contribution in [2.75, 3.05) is 0 Å². The van der Waals surface area contributed by atoms with Gasteiger partial charge in [-0.2, -0.15) is 4.80 Å². The number of hydrogen-bond donors (Lipinski definition) is 1. The molecule has 2 unspecified atom stereocenters. The Hall–Kier alpha value is -3.02. The molecular formula is C20H23N5O. The van der Waals surface area contributed by atoms with Gasteiger partial charge in [-0.1, -0.05) is 74.0 Å². The van der Waals surface area contributed by atoms with E-state index < -0.39 is 6.04 Å². The molecule has 0 fully saturated rings. The second kappa shape index (κ2) is 8.38. The van der Waals surface area contributed by atoms with Crippen LogP contribution < -0.4 is 5.32 Å². The van der Waals surface area contributed by atoms with E-state index in [1.807, 2.05) is 60.7 Å². The molecule has 1 heterocycles. The number of nitrogens with zero attached hydrogens (tertiary/aromatic N) is 4. The molecule has 1 N–H and O–H groups in total. The highest BCUT2D eigenvalue weighted by Gasteiger charge is 2.22. The zero-order valence-corrected chi connectivity index (χ0v) is 15.0. The molecule has 0 saturated carbocycles. The van der Waals surface area contributed by atoms with Crippen LogP contribution in [0.15, 0.2) is 60.7 Å². The average molecular weight is 349 g/mol. The molecule has 6 heteroatoms. The highest BCUT2D eigenvalue weighted by Crippen LogP contribution is 2.19. The Balaban J connectivity index is 1.72. The van der Waals surface area contributed by atoms with Gasteiger partial charge >= 0.3 is 0 Å². The Bertz CT molecular complexity index is 832. The van der Waals surface area contributed by atoms with Gasteiger partial charge in [0.1, 0.15) is 6.04 Å². The molecule has 0 bridgehead atoms. The molecule has 0 aliphatic carbocycles. The van der Waals surface area contributed by atoms with Crippen LogP contribution in [0.1, 0.15) is 44.3 Å². The predicted octanol–water partition coefficient (Wildman–Crippen LogP) is 3.56. The minimum Gasteiger partial charge on any atom is -0.347 e. The first kappa shape index (κ1) is 17.8. The fraction of sp³-hybridized carbons (Fsp3) is 0.300. The van der Waals surface area contributed by atoms with Crippen molar-refractivity contribution in [2.45, 2.75) is 38.8 Å². The van der Waals surface area contributed by atoms with Gasteiger partial charge in [-0.05, 0) is 24.1 Å². The van der Waals surface area contributed by atoms with Gasteiger partial charge in [0, 0.05) is 5.56 Å². The first-order chi connectivity index (χ1) is 12.7. The number of carbonyl (C=O) groups excluding carboxylic acids is 1. The summed E-state index contributed by atoms with van der Waals surface area (Å²) in [7, 11) is 0. The number of nitrogens with one attached hydrogen (secondary N) is 1. The van der Waals surface area contributed by atoms with Crippen molar-refractivity contribution < 1.29 is 4.79 Å². The SMILES string of the molecule is CCCC(NC(=O)C(C)n1nnc(-c2ccccc2)n1)c1ccccc1. The molecule has 6 nitrogen and oxygen atoms in total. The second-order valence-electron chi connectivity index (χ2n) is 6.24. The maximum Gasteiger partial charge on any atom is 0.247 e. The van der Waals surface area contributed by atoms with E-state index in [2.05, 4.69) is 27.7 Å². The molecule has 0 spiro atoms. The zero-order valence-electron chi connectivity index (χ0n) is 15.0. The van der Waals surface area contributed by atoms with E-state index in [9.17, 15) is 4.79 Å². The Kier molecular flexibility index (Phi) is 5.73. The van der Waals surface area contributed by atoms with Crippen molar-refractivity contribution >= 4 is 5.91 Å². The number of rotatable bonds is 7. The van der Waals surface area contributed by atoms with Crippen LogP contribution >= 0.6 is 0 Å². The van der Waals surface area contributed by atoms with E-state index >= 15 is 0 Å². The van der Waals surface area contributed by atoms with Gasteiger partial charge in [-0.25, -0.2) is 0 Å². The number of benzene rings is 2. The van der Waals surface area contributed by atoms with Crippen molar-refractivity contribution in [3.05, 3.63) is 66.2 Å². The van der Waals surface area contributed by atoms with Crippen LogP contribution in [0.25, 0.3) is 11.4 Å². The smallest absolute Gasteiger partial charge is 0.247 e. The van der Waals surface area contributed by atoms with E-state index in [1.54, 1.807) is 6.92 Å². The van der Waals surface area contributed by atoms with Gasteiger partial charge in [-0.15, -0.1) is 10.2 Å². The summed E-state index contributed by atoms with van der Waals surface area (Å²) in [5.41, 5.74) is 1.98. The third kappa shape index (κ3) is 4.14. The van der Waals surface area contributed by atoms with Crippen molar-refractivity contribution in [2.24, 2.45) is 0 Å². The van der Waals surface area contributed by atoms with Gasteiger partial charge in [0.15, 0.2) is 0 Å². The van der Waals surface area contributed by atoms with Crippen LogP contribution in [-0.2, 0) is 4.79 Å². The monoisotopic (exact) mass is 349 g/mol. The Morgan fingerprint density at radius 1 is 1.08 bits per heavy atom. The summed E-state index contributed by atoms with van der Waals surface area (Å²) in [6.45, 7) is 3.89. The van der Waals surface area contributed by atoms with Crippen LogP contribution in [-0.4, -0.2) is 26.1 Å². The fourth-order valence-electron chi connectivity index (χ4n) is 2.79. The molecule has 3 rings (SSSR count). The summed E-state index contributed by atoms with van der Waals surface area (Å²) in [5, 5.41) is 15.6. The van der Waals surface area contributed by atoms with Gasteiger partial charge in [0.2, 0.25) is 11.7 Å². The summed E-state index contributed by atoms with van der Waals surface area (Å²) in [4.78, 5) is 14.1. The third-order valence-electron chi connectivity index (χ3n) is 4.28. The van der Waals surface area contributed by atoms with Crippen molar-refractivity contribution in [3.8, 4) is 11.4 Å². The first-order valence-corrected chi connectivity index (χ1v) is 8.89. The topological polar surface area (TPSA) is 72.7 Å². The van der Waals surface area contributed by atoms with Crippen LogP contribution in [0.5, 0.6) is 0 Å². The lowest BCUT2D eigenvalue weighted by Gasteiger charge is -2.20. The highest BCUT2D eigenvalue weighted by atomic mass is 16.2. The lowest BCUT2D eigenvalue weighted by molar-refractivity contribution is -0.125. The Morgan fingerprint density at radius 3 is 2.38 bits per heavy atom. The Labute approximate surface area is 153 Å². The normalized spacial score (nSPS) is 13.2. The van der Waals surface area contributed by atoms with Gasteiger partial charge in [-0.3, -0.25) is 4.79 Å². The van der Waals surface area contributed by atoms with Crippen molar-refractivity contribution in [3.63, 3.8) is 0 Å². The van der Waals surface area contributed by atoms with E-state index in [-0.39, 0.29) is 11.9 Å². The van der Waals surface area contributed by atoms with E-state index in [0.29, 0.717) is 5.82 Å². The summed E-state index contributed by atoms with van der Waals surface area (Å²) < 4.78 is 0. The third-order valence-corrected chi connectivity index (χ3v) is 4.28. The Morgan fingerprint density at radius 2 is 1.73 bits per heavy atom.